The van der Waals surface area contributed by atoms with E-state index in [1.165, 1.54) is 60.7 Å². The quantitative estimate of drug-likeness (QED) is 0.150. The van der Waals surface area contributed by atoms with E-state index in [1.54, 1.807) is 0 Å². The third-order valence-electron chi connectivity index (χ3n) is 12.0. The molecule has 9 aromatic rings. The van der Waals surface area contributed by atoms with Crippen LogP contribution in [0.25, 0.3) is 71.7 Å². The van der Waals surface area contributed by atoms with Gasteiger partial charge in [-0.1, -0.05) is 208 Å². The summed E-state index contributed by atoms with van der Waals surface area (Å²) in [5.41, 5.74) is 16.3. The van der Waals surface area contributed by atoms with E-state index >= 15 is 0 Å². The number of rotatable bonds is 8. The number of hydrogen-bond donors (Lipinski definition) is 1. The van der Waals surface area contributed by atoms with Crippen LogP contribution < -0.4 is 0 Å². The molecule has 2 heteroatoms. The average Bonchev–Trinajstić information content (AvgIpc) is 3.54. The molecule has 0 saturated carbocycles. The van der Waals surface area contributed by atoms with Gasteiger partial charge in [0.1, 0.15) is 0 Å². The zero-order valence-corrected chi connectivity index (χ0v) is 33.2. The van der Waals surface area contributed by atoms with E-state index < -0.39 is 0 Å². The average molecular weight is 755 g/mol. The van der Waals surface area contributed by atoms with Crippen molar-refractivity contribution in [2.24, 2.45) is 4.99 Å². The lowest BCUT2D eigenvalue weighted by molar-refractivity contribution is 0.668. The summed E-state index contributed by atoms with van der Waals surface area (Å²) >= 11 is 0. The molecular formula is C57H42N2. The molecule has 0 radical (unpaired) electrons. The van der Waals surface area contributed by atoms with Gasteiger partial charge in [-0.2, -0.15) is 0 Å². The minimum absolute atomic E-state index is 0.188. The monoisotopic (exact) mass is 754 g/mol. The second kappa shape index (κ2) is 14.8. The Morgan fingerprint density at radius 2 is 1.00 bits per heavy atom. The summed E-state index contributed by atoms with van der Waals surface area (Å²) in [5, 5.41) is 14.0. The first-order valence-corrected chi connectivity index (χ1v) is 20.3. The number of benzene rings is 9. The van der Waals surface area contributed by atoms with Crippen LogP contribution in [0.3, 0.4) is 0 Å². The maximum Gasteiger partial charge on any atom is 0.0723 e. The Morgan fingerprint density at radius 3 is 1.75 bits per heavy atom. The fraction of sp³-hybridized carbons (Fsp3) is 0.0526. The third-order valence-corrected chi connectivity index (χ3v) is 12.0. The van der Waals surface area contributed by atoms with E-state index in [0.717, 1.165) is 38.9 Å². The zero-order valence-electron chi connectivity index (χ0n) is 33.2. The van der Waals surface area contributed by atoms with E-state index in [0.29, 0.717) is 5.71 Å². The van der Waals surface area contributed by atoms with Crippen molar-refractivity contribution < 1.29 is 0 Å². The van der Waals surface area contributed by atoms with Crippen molar-refractivity contribution in [3.63, 3.8) is 0 Å². The van der Waals surface area contributed by atoms with Crippen molar-refractivity contribution in [3.05, 3.63) is 234 Å². The Bertz CT molecular complexity index is 3110. The lowest BCUT2D eigenvalue weighted by Gasteiger charge is -2.26. The minimum Gasteiger partial charge on any atom is -0.300 e. The largest absolute Gasteiger partial charge is 0.300 e. The van der Waals surface area contributed by atoms with Crippen LogP contribution in [0, 0.1) is 5.41 Å². The standard InChI is InChI=1S/C57H42N2/c1-57(2)55-47-23-10-9-17-40(47)31-34-52(55)51-26-14-25-50(56(51)57)49-33-32-45(46-22-11-12-24-48(46)49)37-59-54(36-53(58)41-18-7-4-8-19-41)42-29-27-39(28-30-42)44-21-13-20-43(35-44)38-15-5-3-6-16-38/h3-37,58H,1-2H3/b54-36-,58-53?,59-37?. The summed E-state index contributed by atoms with van der Waals surface area (Å²) in [6, 6.07) is 70.8. The van der Waals surface area contributed by atoms with Crippen LogP contribution in [0.15, 0.2) is 211 Å². The van der Waals surface area contributed by atoms with Gasteiger partial charge in [-0.25, -0.2) is 0 Å². The van der Waals surface area contributed by atoms with Gasteiger partial charge in [0.25, 0.3) is 0 Å². The van der Waals surface area contributed by atoms with Crippen LogP contribution in [0.5, 0.6) is 0 Å². The van der Waals surface area contributed by atoms with Gasteiger partial charge in [0, 0.05) is 22.8 Å². The first-order chi connectivity index (χ1) is 28.9. The molecule has 0 unspecified atom stereocenters. The number of fused-ring (bicyclic) bond motifs is 6. The molecule has 1 N–H and O–H groups in total. The van der Waals surface area contributed by atoms with Crippen LogP contribution in [0.4, 0.5) is 0 Å². The van der Waals surface area contributed by atoms with Gasteiger partial charge < -0.3 is 5.41 Å². The lowest BCUT2D eigenvalue weighted by atomic mass is 9.77. The van der Waals surface area contributed by atoms with Gasteiger partial charge >= 0.3 is 0 Å². The van der Waals surface area contributed by atoms with Crippen LogP contribution in [-0.2, 0) is 5.41 Å². The summed E-state index contributed by atoms with van der Waals surface area (Å²) in [6.45, 7) is 4.76. The normalized spacial score (nSPS) is 13.2. The zero-order chi connectivity index (χ0) is 39.9. The van der Waals surface area contributed by atoms with E-state index in [9.17, 15) is 0 Å². The SMILES string of the molecule is CC1(C)c2c(cccc2-c2ccc(C=N/C(=C\C(=N)c3ccccc3)c3ccc(-c4cccc(-c5ccccc5)c4)cc3)c3ccccc23)-c2ccc3ccccc3c21. The smallest absolute Gasteiger partial charge is 0.0723 e. The maximum atomic E-state index is 9.06. The highest BCUT2D eigenvalue weighted by molar-refractivity contribution is 6.12. The van der Waals surface area contributed by atoms with Gasteiger partial charge in [-0.05, 0) is 94.9 Å². The maximum absolute atomic E-state index is 9.06. The molecule has 0 aromatic heterocycles. The molecule has 0 atom stereocenters. The third kappa shape index (κ3) is 6.49. The highest BCUT2D eigenvalue weighted by Gasteiger charge is 2.39. The fourth-order valence-electron chi connectivity index (χ4n) is 9.15. The molecule has 0 amide bonds. The van der Waals surface area contributed by atoms with E-state index in [4.69, 9.17) is 10.4 Å². The topological polar surface area (TPSA) is 36.2 Å². The van der Waals surface area contributed by atoms with E-state index in [-0.39, 0.29) is 5.41 Å². The molecule has 1 aliphatic carbocycles. The summed E-state index contributed by atoms with van der Waals surface area (Å²) < 4.78 is 0. The molecule has 0 aliphatic heterocycles. The second-order valence-electron chi connectivity index (χ2n) is 15.9. The van der Waals surface area contributed by atoms with Crippen LogP contribution in [0.2, 0.25) is 0 Å². The number of allylic oxidation sites excluding steroid dienone is 1. The van der Waals surface area contributed by atoms with Crippen LogP contribution >= 0.6 is 0 Å². The molecule has 1 aliphatic rings. The molecule has 0 heterocycles. The number of hydrogen-bond acceptors (Lipinski definition) is 2. The van der Waals surface area contributed by atoms with Gasteiger partial charge in [-0.15, -0.1) is 0 Å². The first kappa shape index (κ1) is 36.0. The van der Waals surface area contributed by atoms with Crippen molar-refractivity contribution in [1.29, 1.82) is 5.41 Å². The molecule has 2 nitrogen and oxygen atoms in total. The molecular weight excluding hydrogens is 713 g/mol. The Kier molecular flexibility index (Phi) is 9.03. The Labute approximate surface area is 346 Å². The van der Waals surface area contributed by atoms with Crippen LogP contribution in [0.1, 0.15) is 41.7 Å². The van der Waals surface area contributed by atoms with Crippen molar-refractivity contribution in [2.75, 3.05) is 0 Å². The Morgan fingerprint density at radius 1 is 0.441 bits per heavy atom. The van der Waals surface area contributed by atoms with E-state index in [1.807, 2.05) is 48.7 Å². The van der Waals surface area contributed by atoms with Gasteiger partial charge in [-0.3, -0.25) is 4.99 Å². The predicted octanol–water partition coefficient (Wildman–Crippen LogP) is 14.8. The first-order valence-electron chi connectivity index (χ1n) is 20.3. The highest BCUT2D eigenvalue weighted by atomic mass is 14.7. The molecule has 10 rings (SSSR count). The highest BCUT2D eigenvalue weighted by Crippen LogP contribution is 2.54. The molecule has 280 valence electrons. The Hall–Kier alpha value is -7.42. The summed E-state index contributed by atoms with van der Waals surface area (Å²) in [4.78, 5) is 5.17. The summed E-state index contributed by atoms with van der Waals surface area (Å²) in [5.74, 6) is 0. The van der Waals surface area contributed by atoms with Crippen molar-refractivity contribution in [2.45, 2.75) is 19.3 Å². The summed E-state index contributed by atoms with van der Waals surface area (Å²) in [7, 11) is 0. The molecule has 0 saturated heterocycles. The molecule has 9 aromatic carbocycles. The molecule has 0 fully saturated rings. The van der Waals surface area contributed by atoms with Crippen molar-refractivity contribution in [3.8, 4) is 44.5 Å². The summed E-state index contributed by atoms with van der Waals surface area (Å²) in [6.07, 6.45) is 3.85. The lowest BCUT2D eigenvalue weighted by Crippen LogP contribution is -2.17. The van der Waals surface area contributed by atoms with Crippen molar-refractivity contribution in [1.82, 2.24) is 0 Å². The fourth-order valence-corrected chi connectivity index (χ4v) is 9.15. The number of aliphatic imine (C=N–C) groups is 1. The molecule has 0 spiro atoms. The van der Waals surface area contributed by atoms with Gasteiger partial charge in [0.05, 0.1) is 11.4 Å². The Balaban J connectivity index is 1.04. The molecule has 59 heavy (non-hydrogen) atoms. The predicted molar refractivity (Wildman–Crippen MR) is 251 cm³/mol. The molecule has 0 bridgehead atoms. The second-order valence-corrected chi connectivity index (χ2v) is 15.9. The van der Waals surface area contributed by atoms with Crippen molar-refractivity contribution >= 4 is 39.2 Å². The van der Waals surface area contributed by atoms with Crippen LogP contribution in [-0.4, -0.2) is 11.9 Å². The van der Waals surface area contributed by atoms with E-state index in [2.05, 4.69) is 178 Å². The minimum atomic E-state index is -0.188. The van der Waals surface area contributed by atoms with Gasteiger partial charge in [0.15, 0.2) is 0 Å². The number of nitrogens with one attached hydrogen (secondary N) is 1. The number of nitrogens with zero attached hydrogens (tertiary/aromatic N) is 1. The van der Waals surface area contributed by atoms with Gasteiger partial charge in [0.2, 0.25) is 0 Å².